The lowest BCUT2D eigenvalue weighted by atomic mass is 9.88. The lowest BCUT2D eigenvalue weighted by molar-refractivity contribution is 0.184. The fourth-order valence-electron chi connectivity index (χ4n) is 1.54. The Kier molecular flexibility index (Phi) is 6.14. The van der Waals surface area contributed by atoms with E-state index in [1.807, 2.05) is 6.92 Å². The van der Waals surface area contributed by atoms with Gasteiger partial charge in [-0.05, 0) is 24.2 Å². The van der Waals surface area contributed by atoms with Crippen LogP contribution in [-0.2, 0) is 0 Å². The zero-order valence-corrected chi connectivity index (χ0v) is 12.9. The third-order valence-electron chi connectivity index (χ3n) is 3.06. The first kappa shape index (κ1) is 17.2. The SMILES string of the molecule is CC(NC(=O)NC(CO)CC(C)(C)C)C(C)(C)C. The van der Waals surface area contributed by atoms with Gasteiger partial charge in [0, 0.05) is 6.04 Å². The number of carbonyl (C=O) groups excluding carboxylic acids is 1. The van der Waals surface area contributed by atoms with Gasteiger partial charge in [0.15, 0.2) is 0 Å². The van der Waals surface area contributed by atoms with Gasteiger partial charge in [0.05, 0.1) is 12.6 Å². The van der Waals surface area contributed by atoms with Crippen molar-refractivity contribution < 1.29 is 9.90 Å². The number of nitrogens with one attached hydrogen (secondary N) is 2. The molecule has 0 rings (SSSR count). The Morgan fingerprint density at radius 1 is 1.11 bits per heavy atom. The van der Waals surface area contributed by atoms with E-state index < -0.39 is 0 Å². The van der Waals surface area contributed by atoms with Crippen molar-refractivity contribution >= 4 is 6.03 Å². The van der Waals surface area contributed by atoms with Crippen molar-refractivity contribution in [1.82, 2.24) is 10.6 Å². The van der Waals surface area contributed by atoms with Crippen molar-refractivity contribution in [1.29, 1.82) is 0 Å². The molecule has 0 aromatic rings. The monoisotopic (exact) mass is 258 g/mol. The highest BCUT2D eigenvalue weighted by molar-refractivity contribution is 5.74. The van der Waals surface area contributed by atoms with Gasteiger partial charge in [0.2, 0.25) is 0 Å². The first-order valence-electron chi connectivity index (χ1n) is 6.63. The average Bonchev–Trinajstić information content (AvgIpc) is 2.12. The first-order chi connectivity index (χ1) is 7.95. The zero-order chi connectivity index (χ0) is 14.6. The van der Waals surface area contributed by atoms with Crippen LogP contribution in [0.2, 0.25) is 0 Å². The number of amides is 2. The molecule has 2 unspecified atom stereocenters. The Bertz CT molecular complexity index is 264. The lowest BCUT2D eigenvalue weighted by Gasteiger charge is -2.30. The molecule has 4 heteroatoms. The van der Waals surface area contributed by atoms with E-state index in [4.69, 9.17) is 0 Å². The smallest absolute Gasteiger partial charge is 0.315 e. The molecule has 18 heavy (non-hydrogen) atoms. The fraction of sp³-hybridized carbons (Fsp3) is 0.929. The standard InChI is InChI=1S/C14H30N2O2/c1-10(14(5,6)7)15-12(18)16-11(9-17)8-13(2,3)4/h10-11,17H,8-9H2,1-7H3,(H2,15,16,18). The maximum absolute atomic E-state index is 11.8. The fourth-order valence-corrected chi connectivity index (χ4v) is 1.54. The highest BCUT2D eigenvalue weighted by atomic mass is 16.3. The number of hydrogen-bond donors (Lipinski definition) is 3. The summed E-state index contributed by atoms with van der Waals surface area (Å²) in [5, 5.41) is 15.0. The van der Waals surface area contributed by atoms with E-state index in [0.29, 0.717) is 0 Å². The minimum absolute atomic E-state index is 0.0239. The van der Waals surface area contributed by atoms with Crippen LogP contribution in [0.4, 0.5) is 4.79 Å². The molecular formula is C14H30N2O2. The number of carbonyl (C=O) groups is 1. The van der Waals surface area contributed by atoms with Crippen molar-refractivity contribution in [3.8, 4) is 0 Å². The summed E-state index contributed by atoms with van der Waals surface area (Å²) >= 11 is 0. The molecule has 0 aliphatic rings. The van der Waals surface area contributed by atoms with Crippen LogP contribution < -0.4 is 10.6 Å². The second kappa shape index (κ2) is 6.41. The van der Waals surface area contributed by atoms with Gasteiger partial charge in [0.25, 0.3) is 0 Å². The van der Waals surface area contributed by atoms with Gasteiger partial charge in [-0.15, -0.1) is 0 Å². The van der Waals surface area contributed by atoms with Gasteiger partial charge in [0.1, 0.15) is 0 Å². The minimum atomic E-state index is -0.208. The lowest BCUT2D eigenvalue weighted by Crippen LogP contribution is -2.50. The molecule has 0 fully saturated rings. The summed E-state index contributed by atoms with van der Waals surface area (Å²) in [6.07, 6.45) is 0.751. The van der Waals surface area contributed by atoms with Gasteiger partial charge in [-0.1, -0.05) is 41.5 Å². The second-order valence-electron chi connectivity index (χ2n) is 7.35. The third kappa shape index (κ3) is 7.54. The average molecular weight is 258 g/mol. The zero-order valence-electron chi connectivity index (χ0n) is 12.9. The van der Waals surface area contributed by atoms with Crippen molar-refractivity contribution in [2.24, 2.45) is 10.8 Å². The number of urea groups is 1. The van der Waals surface area contributed by atoms with Crippen LogP contribution >= 0.6 is 0 Å². The molecule has 3 N–H and O–H groups in total. The Hall–Kier alpha value is -0.770. The molecule has 0 bridgehead atoms. The van der Waals surface area contributed by atoms with E-state index in [0.717, 1.165) is 6.42 Å². The molecule has 0 heterocycles. The molecule has 0 aromatic carbocycles. The summed E-state index contributed by atoms with van der Waals surface area (Å²) in [6, 6.07) is -0.329. The van der Waals surface area contributed by atoms with Crippen molar-refractivity contribution in [2.45, 2.75) is 67.0 Å². The van der Waals surface area contributed by atoms with Crippen LogP contribution in [0.25, 0.3) is 0 Å². The number of aliphatic hydroxyl groups is 1. The quantitative estimate of drug-likeness (QED) is 0.725. The van der Waals surface area contributed by atoms with Crippen LogP contribution in [-0.4, -0.2) is 29.8 Å². The Balaban J connectivity index is 4.29. The number of hydrogen-bond acceptors (Lipinski definition) is 2. The summed E-state index contributed by atoms with van der Waals surface area (Å²) in [7, 11) is 0. The molecule has 0 radical (unpaired) electrons. The van der Waals surface area contributed by atoms with E-state index in [1.165, 1.54) is 0 Å². The molecule has 0 aliphatic carbocycles. The molecule has 0 saturated carbocycles. The molecule has 2 amide bonds. The summed E-state index contributed by atoms with van der Waals surface area (Å²) in [4.78, 5) is 11.8. The molecule has 0 saturated heterocycles. The van der Waals surface area contributed by atoms with E-state index in [1.54, 1.807) is 0 Å². The summed E-state index contributed by atoms with van der Waals surface area (Å²) in [5.41, 5.74) is 0.104. The van der Waals surface area contributed by atoms with Gasteiger partial charge < -0.3 is 15.7 Å². The van der Waals surface area contributed by atoms with Crippen LogP contribution in [0.1, 0.15) is 54.9 Å². The molecule has 2 atom stereocenters. The molecular weight excluding hydrogens is 228 g/mol. The van der Waals surface area contributed by atoms with Crippen molar-refractivity contribution in [3.63, 3.8) is 0 Å². The topological polar surface area (TPSA) is 61.4 Å². The summed E-state index contributed by atoms with van der Waals surface area (Å²) in [5.74, 6) is 0. The molecule has 0 spiro atoms. The van der Waals surface area contributed by atoms with Gasteiger partial charge >= 0.3 is 6.03 Å². The van der Waals surface area contributed by atoms with Crippen LogP contribution in [0.3, 0.4) is 0 Å². The van der Waals surface area contributed by atoms with Crippen LogP contribution in [0.5, 0.6) is 0 Å². The van der Waals surface area contributed by atoms with Gasteiger partial charge in [-0.25, -0.2) is 4.79 Å². The molecule has 0 aliphatic heterocycles. The molecule has 4 nitrogen and oxygen atoms in total. The predicted octanol–water partition coefficient (Wildman–Crippen LogP) is 2.52. The Labute approximate surface area is 112 Å². The van der Waals surface area contributed by atoms with E-state index >= 15 is 0 Å². The first-order valence-corrected chi connectivity index (χ1v) is 6.63. The van der Waals surface area contributed by atoms with Crippen molar-refractivity contribution in [3.05, 3.63) is 0 Å². The summed E-state index contributed by atoms with van der Waals surface area (Å²) < 4.78 is 0. The third-order valence-corrected chi connectivity index (χ3v) is 3.06. The van der Waals surface area contributed by atoms with Gasteiger partial charge in [-0.2, -0.15) is 0 Å². The highest BCUT2D eigenvalue weighted by Crippen LogP contribution is 2.21. The minimum Gasteiger partial charge on any atom is -0.394 e. The van der Waals surface area contributed by atoms with E-state index in [9.17, 15) is 9.90 Å². The maximum atomic E-state index is 11.8. The normalized spacial score (nSPS) is 16.0. The van der Waals surface area contributed by atoms with Gasteiger partial charge in [-0.3, -0.25) is 0 Å². The second-order valence-corrected chi connectivity index (χ2v) is 7.35. The maximum Gasteiger partial charge on any atom is 0.315 e. The van der Waals surface area contributed by atoms with Crippen LogP contribution in [0, 0.1) is 10.8 Å². The van der Waals surface area contributed by atoms with Crippen LogP contribution in [0.15, 0.2) is 0 Å². The predicted molar refractivity (Wildman–Crippen MR) is 75.5 cm³/mol. The Morgan fingerprint density at radius 3 is 1.94 bits per heavy atom. The van der Waals surface area contributed by atoms with E-state index in [-0.39, 0.29) is 35.6 Å². The molecule has 0 aromatic heterocycles. The molecule has 108 valence electrons. The Morgan fingerprint density at radius 2 is 1.61 bits per heavy atom. The summed E-state index contributed by atoms with van der Waals surface area (Å²) in [6.45, 7) is 14.5. The largest absolute Gasteiger partial charge is 0.394 e. The van der Waals surface area contributed by atoms with E-state index in [2.05, 4.69) is 52.2 Å². The van der Waals surface area contributed by atoms with Crippen molar-refractivity contribution in [2.75, 3.05) is 6.61 Å². The highest BCUT2D eigenvalue weighted by Gasteiger charge is 2.24. The number of rotatable bonds is 4. The number of aliphatic hydroxyl groups excluding tert-OH is 1.